The van der Waals surface area contributed by atoms with Gasteiger partial charge < -0.3 is 4.74 Å². The van der Waals surface area contributed by atoms with Crippen LogP contribution in [0.1, 0.15) is 32.8 Å². The van der Waals surface area contributed by atoms with Crippen LogP contribution in [0.5, 0.6) is 0 Å². The minimum absolute atomic E-state index is 0.143. The van der Waals surface area contributed by atoms with Gasteiger partial charge in [0.25, 0.3) is 0 Å². The highest BCUT2D eigenvalue weighted by Crippen LogP contribution is 2.66. The molecule has 1 fully saturated rings. The molecule has 19 heavy (non-hydrogen) atoms. The maximum absolute atomic E-state index is 14.9. The van der Waals surface area contributed by atoms with E-state index in [0.717, 1.165) is 0 Å². The third kappa shape index (κ3) is 2.10. The van der Waals surface area contributed by atoms with Gasteiger partial charge in [0.15, 0.2) is 11.1 Å². The molecule has 0 unspecified atom stereocenters. The minimum atomic E-state index is -1.94. The number of hydrogen-bond donors (Lipinski definition) is 0. The second-order valence-corrected chi connectivity index (χ2v) is 5.86. The Kier molecular flexibility index (Phi) is 2.89. The standard InChI is InChI=1S/C15H16FNO2/c1-13(2,3)19-12(18)14(10-17)9-15(14,16)11-7-5-4-6-8-11/h4-8H,9H2,1-3H3/t14-,15+/m0/s1. The van der Waals surface area contributed by atoms with E-state index in [1.165, 1.54) is 0 Å². The van der Waals surface area contributed by atoms with Crippen molar-refractivity contribution in [2.75, 3.05) is 0 Å². The molecule has 0 spiro atoms. The molecule has 3 nitrogen and oxygen atoms in total. The highest BCUT2D eigenvalue weighted by atomic mass is 19.1. The van der Waals surface area contributed by atoms with Crippen molar-refractivity contribution in [3.05, 3.63) is 35.9 Å². The van der Waals surface area contributed by atoms with Gasteiger partial charge in [0, 0.05) is 6.42 Å². The molecule has 1 aromatic rings. The van der Waals surface area contributed by atoms with Crippen LogP contribution in [0.25, 0.3) is 0 Å². The summed E-state index contributed by atoms with van der Waals surface area (Å²) >= 11 is 0. The van der Waals surface area contributed by atoms with Crippen molar-refractivity contribution in [3.8, 4) is 6.07 Å². The van der Waals surface area contributed by atoms with Gasteiger partial charge in [0.2, 0.25) is 0 Å². The molecule has 0 radical (unpaired) electrons. The fraction of sp³-hybridized carbons (Fsp3) is 0.467. The van der Waals surface area contributed by atoms with Gasteiger partial charge >= 0.3 is 5.97 Å². The van der Waals surface area contributed by atoms with Gasteiger partial charge in [-0.1, -0.05) is 30.3 Å². The van der Waals surface area contributed by atoms with Gasteiger partial charge in [-0.2, -0.15) is 5.26 Å². The van der Waals surface area contributed by atoms with E-state index in [1.54, 1.807) is 51.1 Å². The van der Waals surface area contributed by atoms with Gasteiger partial charge in [-0.15, -0.1) is 0 Å². The number of nitriles is 1. The molecular formula is C15H16FNO2. The Bertz CT molecular complexity index is 544. The zero-order valence-electron chi connectivity index (χ0n) is 11.2. The zero-order chi connectivity index (χ0) is 14.3. The quantitative estimate of drug-likeness (QED) is 0.768. The van der Waals surface area contributed by atoms with Crippen molar-refractivity contribution in [2.45, 2.75) is 38.5 Å². The summed E-state index contributed by atoms with van der Waals surface area (Å²) < 4.78 is 20.0. The fourth-order valence-electron chi connectivity index (χ4n) is 2.14. The number of esters is 1. The van der Waals surface area contributed by atoms with E-state index < -0.39 is 22.7 Å². The predicted molar refractivity (Wildman–Crippen MR) is 67.7 cm³/mol. The second-order valence-electron chi connectivity index (χ2n) is 5.86. The summed E-state index contributed by atoms with van der Waals surface area (Å²) in [5.41, 5.74) is -4.03. The van der Waals surface area contributed by atoms with E-state index in [-0.39, 0.29) is 6.42 Å². The fourth-order valence-corrected chi connectivity index (χ4v) is 2.14. The second kappa shape index (κ2) is 4.06. The van der Waals surface area contributed by atoms with Crippen LogP contribution >= 0.6 is 0 Å². The summed E-state index contributed by atoms with van der Waals surface area (Å²) in [5.74, 6) is -0.783. The van der Waals surface area contributed by atoms with E-state index >= 15 is 0 Å². The Hall–Kier alpha value is -1.89. The molecule has 0 N–H and O–H groups in total. The lowest BCUT2D eigenvalue weighted by atomic mass is 9.98. The molecule has 0 aromatic heterocycles. The third-order valence-electron chi connectivity index (χ3n) is 3.23. The van der Waals surface area contributed by atoms with Gasteiger partial charge in [0.05, 0.1) is 6.07 Å². The molecule has 1 aliphatic rings. The summed E-state index contributed by atoms with van der Waals surface area (Å²) in [6.45, 7) is 5.09. The zero-order valence-corrected chi connectivity index (χ0v) is 11.2. The Morgan fingerprint density at radius 2 is 1.95 bits per heavy atom. The highest BCUT2D eigenvalue weighted by Gasteiger charge is 2.77. The van der Waals surface area contributed by atoms with Crippen molar-refractivity contribution in [3.63, 3.8) is 0 Å². The molecule has 0 heterocycles. The monoisotopic (exact) mass is 261 g/mol. The molecule has 4 heteroatoms. The third-order valence-corrected chi connectivity index (χ3v) is 3.23. The first-order chi connectivity index (χ1) is 8.75. The molecule has 0 bridgehead atoms. The molecule has 0 aliphatic heterocycles. The summed E-state index contributed by atoms with van der Waals surface area (Å²) in [5, 5.41) is 9.23. The average molecular weight is 261 g/mol. The van der Waals surface area contributed by atoms with E-state index in [0.29, 0.717) is 5.56 Å². The van der Waals surface area contributed by atoms with Gasteiger partial charge in [-0.25, -0.2) is 4.39 Å². The van der Waals surface area contributed by atoms with Crippen molar-refractivity contribution in [1.82, 2.24) is 0 Å². The summed E-state index contributed by atoms with van der Waals surface area (Å²) in [6, 6.07) is 10.1. The Labute approximate surface area is 112 Å². The van der Waals surface area contributed by atoms with Gasteiger partial charge in [-0.05, 0) is 26.3 Å². The number of carbonyl (C=O) groups excluding carboxylic acids is 1. The Morgan fingerprint density at radius 1 is 1.37 bits per heavy atom. The number of hydrogen-bond acceptors (Lipinski definition) is 3. The van der Waals surface area contributed by atoms with Crippen molar-refractivity contribution < 1.29 is 13.9 Å². The van der Waals surface area contributed by atoms with Crippen LogP contribution in [0.15, 0.2) is 30.3 Å². The SMILES string of the molecule is CC(C)(C)OC(=O)[C@@]1(C#N)C[C@@]1(F)c1ccccc1. The Morgan fingerprint density at radius 3 is 2.42 bits per heavy atom. The predicted octanol–water partition coefficient (Wildman–Crippen LogP) is 3.11. The lowest BCUT2D eigenvalue weighted by molar-refractivity contribution is -0.161. The number of benzene rings is 1. The number of ether oxygens (including phenoxy) is 1. The van der Waals surface area contributed by atoms with E-state index in [1.807, 2.05) is 6.07 Å². The topological polar surface area (TPSA) is 50.1 Å². The highest BCUT2D eigenvalue weighted by molar-refractivity contribution is 5.87. The molecule has 1 saturated carbocycles. The molecular weight excluding hydrogens is 245 g/mol. The van der Waals surface area contributed by atoms with E-state index in [2.05, 4.69) is 0 Å². The maximum Gasteiger partial charge on any atom is 0.330 e. The molecule has 2 rings (SSSR count). The average Bonchev–Trinajstić information content (AvgIpc) is 2.97. The molecule has 1 aliphatic carbocycles. The number of halogens is 1. The number of nitrogens with zero attached hydrogens (tertiary/aromatic N) is 1. The van der Waals surface area contributed by atoms with Gasteiger partial charge in [0.1, 0.15) is 5.60 Å². The van der Waals surface area contributed by atoms with Crippen molar-refractivity contribution in [2.24, 2.45) is 5.41 Å². The van der Waals surface area contributed by atoms with E-state index in [4.69, 9.17) is 4.74 Å². The Balaban J connectivity index is 2.30. The smallest absolute Gasteiger partial charge is 0.330 e. The maximum atomic E-state index is 14.9. The van der Waals surface area contributed by atoms with Crippen LogP contribution in [0.2, 0.25) is 0 Å². The first kappa shape index (κ1) is 13.5. The van der Waals surface area contributed by atoms with Crippen LogP contribution in [0.4, 0.5) is 4.39 Å². The lowest BCUT2D eigenvalue weighted by Gasteiger charge is -2.22. The van der Waals surface area contributed by atoms with E-state index in [9.17, 15) is 14.4 Å². The molecule has 0 amide bonds. The van der Waals surface area contributed by atoms with Crippen LogP contribution < -0.4 is 0 Å². The van der Waals surface area contributed by atoms with Crippen molar-refractivity contribution in [1.29, 1.82) is 5.26 Å². The number of rotatable bonds is 2. The summed E-state index contributed by atoms with van der Waals surface area (Å²) in [4.78, 5) is 12.1. The number of carbonyl (C=O) groups is 1. The largest absolute Gasteiger partial charge is 0.459 e. The van der Waals surface area contributed by atoms with Crippen LogP contribution in [0, 0.1) is 16.7 Å². The molecule has 100 valence electrons. The first-order valence-corrected chi connectivity index (χ1v) is 6.14. The summed E-state index contributed by atoms with van der Waals surface area (Å²) in [7, 11) is 0. The molecule has 0 saturated heterocycles. The van der Waals surface area contributed by atoms with Gasteiger partial charge in [-0.3, -0.25) is 4.79 Å². The van der Waals surface area contributed by atoms with Crippen molar-refractivity contribution >= 4 is 5.97 Å². The molecule has 1 aromatic carbocycles. The van der Waals surface area contributed by atoms with Crippen LogP contribution in [-0.2, 0) is 15.2 Å². The normalized spacial score (nSPS) is 29.4. The van der Waals surface area contributed by atoms with Crippen LogP contribution in [-0.4, -0.2) is 11.6 Å². The first-order valence-electron chi connectivity index (χ1n) is 6.14. The minimum Gasteiger partial charge on any atom is -0.459 e. The van der Waals surface area contributed by atoms with Crippen LogP contribution in [0.3, 0.4) is 0 Å². The summed E-state index contributed by atoms with van der Waals surface area (Å²) in [6.07, 6.45) is -0.143. The number of alkyl halides is 1. The molecule has 2 atom stereocenters. The lowest BCUT2D eigenvalue weighted by Crippen LogP contribution is -2.32.